The SMILES string of the molecule is CCC1CCCC(Nc2nc(C(C)C)nc(NC)c2C)C1. The average molecular weight is 290 g/mol. The van der Waals surface area contributed by atoms with Crippen molar-refractivity contribution in [1.82, 2.24) is 9.97 Å². The highest BCUT2D eigenvalue weighted by molar-refractivity contribution is 5.57. The van der Waals surface area contributed by atoms with Crippen LogP contribution in [-0.2, 0) is 0 Å². The van der Waals surface area contributed by atoms with Crippen molar-refractivity contribution < 1.29 is 0 Å². The van der Waals surface area contributed by atoms with Crippen LogP contribution in [0.5, 0.6) is 0 Å². The normalized spacial score (nSPS) is 22.4. The van der Waals surface area contributed by atoms with Crippen molar-refractivity contribution >= 4 is 11.6 Å². The lowest BCUT2D eigenvalue weighted by molar-refractivity contribution is 0.327. The molecule has 2 rings (SSSR count). The van der Waals surface area contributed by atoms with Crippen molar-refractivity contribution in [3.63, 3.8) is 0 Å². The molecule has 4 heteroatoms. The van der Waals surface area contributed by atoms with Gasteiger partial charge in [-0.15, -0.1) is 0 Å². The van der Waals surface area contributed by atoms with Crippen molar-refractivity contribution in [3.05, 3.63) is 11.4 Å². The van der Waals surface area contributed by atoms with Gasteiger partial charge < -0.3 is 10.6 Å². The summed E-state index contributed by atoms with van der Waals surface area (Å²) in [5.74, 6) is 4.08. The number of hydrogen-bond donors (Lipinski definition) is 2. The first-order valence-electron chi connectivity index (χ1n) is 8.37. The lowest BCUT2D eigenvalue weighted by atomic mass is 9.84. The number of aromatic nitrogens is 2. The molecule has 2 atom stereocenters. The van der Waals surface area contributed by atoms with Gasteiger partial charge in [0, 0.05) is 24.6 Å². The van der Waals surface area contributed by atoms with Gasteiger partial charge in [0.1, 0.15) is 17.5 Å². The van der Waals surface area contributed by atoms with Gasteiger partial charge in [0.2, 0.25) is 0 Å². The molecule has 1 aromatic heterocycles. The van der Waals surface area contributed by atoms with Crippen molar-refractivity contribution in [2.75, 3.05) is 17.7 Å². The second-order valence-corrected chi connectivity index (χ2v) is 6.59. The topological polar surface area (TPSA) is 49.8 Å². The van der Waals surface area contributed by atoms with Gasteiger partial charge in [0.25, 0.3) is 0 Å². The fourth-order valence-corrected chi connectivity index (χ4v) is 3.16. The fourth-order valence-electron chi connectivity index (χ4n) is 3.16. The molecule has 0 aromatic carbocycles. The van der Waals surface area contributed by atoms with E-state index in [1.807, 2.05) is 7.05 Å². The molecule has 2 unspecified atom stereocenters. The highest BCUT2D eigenvalue weighted by atomic mass is 15.1. The summed E-state index contributed by atoms with van der Waals surface area (Å²) in [6.45, 7) is 8.68. The van der Waals surface area contributed by atoms with E-state index in [1.165, 1.54) is 32.1 Å². The number of nitrogens with zero attached hydrogens (tertiary/aromatic N) is 2. The summed E-state index contributed by atoms with van der Waals surface area (Å²) >= 11 is 0. The predicted molar refractivity (Wildman–Crippen MR) is 90.1 cm³/mol. The molecule has 0 bridgehead atoms. The first-order valence-corrected chi connectivity index (χ1v) is 8.37. The Hall–Kier alpha value is -1.32. The fraction of sp³-hybridized carbons (Fsp3) is 0.765. The molecule has 1 saturated carbocycles. The van der Waals surface area contributed by atoms with Gasteiger partial charge in [0.15, 0.2) is 0 Å². The molecule has 118 valence electrons. The Kier molecular flexibility index (Phi) is 5.43. The maximum Gasteiger partial charge on any atom is 0.135 e. The van der Waals surface area contributed by atoms with Crippen LogP contribution in [0.15, 0.2) is 0 Å². The van der Waals surface area contributed by atoms with Gasteiger partial charge >= 0.3 is 0 Å². The summed E-state index contributed by atoms with van der Waals surface area (Å²) in [7, 11) is 1.93. The molecule has 1 aliphatic rings. The van der Waals surface area contributed by atoms with Gasteiger partial charge in [0.05, 0.1) is 0 Å². The number of nitrogens with one attached hydrogen (secondary N) is 2. The Morgan fingerprint density at radius 1 is 1.19 bits per heavy atom. The predicted octanol–water partition coefficient (Wildman–Crippen LogP) is 4.33. The van der Waals surface area contributed by atoms with Gasteiger partial charge in [-0.25, -0.2) is 9.97 Å². The van der Waals surface area contributed by atoms with E-state index in [0.29, 0.717) is 12.0 Å². The highest BCUT2D eigenvalue weighted by Gasteiger charge is 2.22. The minimum atomic E-state index is 0.341. The zero-order valence-corrected chi connectivity index (χ0v) is 14.2. The van der Waals surface area contributed by atoms with E-state index >= 15 is 0 Å². The maximum atomic E-state index is 4.76. The van der Waals surface area contributed by atoms with E-state index in [2.05, 4.69) is 43.3 Å². The maximum absolute atomic E-state index is 4.76. The molecule has 0 amide bonds. The minimum absolute atomic E-state index is 0.341. The van der Waals surface area contributed by atoms with Gasteiger partial charge in [-0.2, -0.15) is 0 Å². The van der Waals surface area contributed by atoms with Gasteiger partial charge in [-0.05, 0) is 25.7 Å². The van der Waals surface area contributed by atoms with Crippen LogP contribution < -0.4 is 10.6 Å². The second kappa shape index (κ2) is 7.10. The summed E-state index contributed by atoms with van der Waals surface area (Å²) in [6.07, 6.45) is 6.53. The smallest absolute Gasteiger partial charge is 0.135 e. The van der Waals surface area contributed by atoms with E-state index in [4.69, 9.17) is 4.98 Å². The molecule has 4 nitrogen and oxygen atoms in total. The molecule has 21 heavy (non-hydrogen) atoms. The van der Waals surface area contributed by atoms with Crippen LogP contribution >= 0.6 is 0 Å². The first kappa shape index (κ1) is 16.1. The Morgan fingerprint density at radius 3 is 2.52 bits per heavy atom. The summed E-state index contributed by atoms with van der Waals surface area (Å²) in [5, 5.41) is 6.89. The summed E-state index contributed by atoms with van der Waals surface area (Å²) in [4.78, 5) is 9.38. The summed E-state index contributed by atoms with van der Waals surface area (Å²) in [5.41, 5.74) is 1.13. The third-order valence-corrected chi connectivity index (χ3v) is 4.62. The lowest BCUT2D eigenvalue weighted by Crippen LogP contribution is -2.28. The van der Waals surface area contributed by atoms with E-state index in [-0.39, 0.29) is 0 Å². The molecule has 1 aliphatic carbocycles. The molecule has 1 aromatic rings. The third-order valence-electron chi connectivity index (χ3n) is 4.62. The van der Waals surface area contributed by atoms with Crippen LogP contribution in [0.2, 0.25) is 0 Å². The molecule has 0 saturated heterocycles. The van der Waals surface area contributed by atoms with E-state index in [1.54, 1.807) is 0 Å². The van der Waals surface area contributed by atoms with Gasteiger partial charge in [-0.3, -0.25) is 0 Å². The second-order valence-electron chi connectivity index (χ2n) is 6.59. The van der Waals surface area contributed by atoms with Crippen LogP contribution in [-0.4, -0.2) is 23.1 Å². The minimum Gasteiger partial charge on any atom is -0.373 e. The standard InChI is InChI=1S/C17H30N4/c1-6-13-8-7-9-14(10-13)19-17-12(4)16(18-5)20-15(21-17)11(2)3/h11,13-14H,6-10H2,1-5H3,(H2,18,19,20,21). The Labute approximate surface area is 129 Å². The van der Waals surface area contributed by atoms with Crippen molar-refractivity contribution in [3.8, 4) is 0 Å². The number of rotatable bonds is 5. The van der Waals surface area contributed by atoms with Crippen molar-refractivity contribution in [2.45, 2.75) is 71.8 Å². The molecule has 0 spiro atoms. The summed E-state index contributed by atoms with van der Waals surface area (Å²) in [6, 6.07) is 0.557. The van der Waals surface area contributed by atoms with Crippen LogP contribution in [0, 0.1) is 12.8 Å². The van der Waals surface area contributed by atoms with Crippen LogP contribution in [0.25, 0.3) is 0 Å². The highest BCUT2D eigenvalue weighted by Crippen LogP contribution is 2.30. The third kappa shape index (κ3) is 3.86. The van der Waals surface area contributed by atoms with Crippen LogP contribution in [0.1, 0.15) is 70.2 Å². The lowest BCUT2D eigenvalue weighted by Gasteiger charge is -2.30. The Bertz CT molecular complexity index is 470. The zero-order chi connectivity index (χ0) is 15.4. The number of hydrogen-bond acceptors (Lipinski definition) is 4. The monoisotopic (exact) mass is 290 g/mol. The molecule has 2 N–H and O–H groups in total. The van der Waals surface area contributed by atoms with Gasteiger partial charge in [-0.1, -0.05) is 40.0 Å². The number of anilines is 2. The molecule has 1 heterocycles. The summed E-state index contributed by atoms with van der Waals surface area (Å²) < 4.78 is 0. The molecular formula is C17H30N4. The van der Waals surface area contributed by atoms with E-state index in [0.717, 1.165) is 28.9 Å². The molecule has 0 radical (unpaired) electrons. The molecule has 1 fully saturated rings. The first-order chi connectivity index (χ1) is 10.0. The Morgan fingerprint density at radius 2 is 1.90 bits per heavy atom. The Balaban J connectivity index is 2.20. The zero-order valence-electron chi connectivity index (χ0n) is 14.2. The van der Waals surface area contributed by atoms with E-state index in [9.17, 15) is 0 Å². The van der Waals surface area contributed by atoms with Crippen molar-refractivity contribution in [2.24, 2.45) is 5.92 Å². The van der Waals surface area contributed by atoms with Crippen molar-refractivity contribution in [1.29, 1.82) is 0 Å². The quantitative estimate of drug-likeness (QED) is 0.847. The van der Waals surface area contributed by atoms with Crippen LogP contribution in [0.3, 0.4) is 0 Å². The largest absolute Gasteiger partial charge is 0.373 e. The molecule has 0 aliphatic heterocycles. The molecular weight excluding hydrogens is 260 g/mol. The average Bonchev–Trinajstić information content (AvgIpc) is 2.49. The van der Waals surface area contributed by atoms with E-state index < -0.39 is 0 Å². The van der Waals surface area contributed by atoms with Crippen LogP contribution in [0.4, 0.5) is 11.6 Å².